The van der Waals surface area contributed by atoms with Gasteiger partial charge in [0.1, 0.15) is 11.9 Å². The molecule has 0 spiro atoms. The number of nitrogens with one attached hydrogen (secondary N) is 3. The highest BCUT2D eigenvalue weighted by atomic mass is 32.1. The van der Waals surface area contributed by atoms with Crippen molar-refractivity contribution in [1.82, 2.24) is 15.5 Å². The molecule has 0 bridgehead atoms. The molecule has 1 saturated heterocycles. The van der Waals surface area contributed by atoms with Gasteiger partial charge in [-0.1, -0.05) is 30.3 Å². The minimum Gasteiger partial charge on any atom is -0.384 e. The zero-order valence-corrected chi connectivity index (χ0v) is 24.4. The Bertz CT molecular complexity index is 1660. The number of piperidine rings is 1. The van der Waals surface area contributed by atoms with Crippen LogP contribution in [0.5, 0.6) is 0 Å². The average Bonchev–Trinajstić information content (AvgIpc) is 3.29. The maximum absolute atomic E-state index is 14.9. The number of carbonyl (C=O) groups excluding carboxylic acids is 3. The molecule has 3 aromatic rings. The molecule has 1 saturated carbocycles. The molecule has 1 aliphatic heterocycles. The number of amidine groups is 1. The molecule has 2 aromatic carbocycles. The molecule has 12 heteroatoms. The van der Waals surface area contributed by atoms with Crippen LogP contribution in [0.3, 0.4) is 0 Å². The number of likely N-dealkylation sites (tertiary alicyclic amines) is 1. The lowest BCUT2D eigenvalue weighted by Crippen LogP contribution is -2.51. The number of nitrogen functional groups attached to an aromatic ring is 1. The molecule has 6 rings (SSSR count). The molecule has 224 valence electrons. The lowest BCUT2D eigenvalue weighted by atomic mass is 10.00. The van der Waals surface area contributed by atoms with Crippen molar-refractivity contribution in [3.8, 4) is 11.1 Å². The Hall–Kier alpha value is -4.16. The van der Waals surface area contributed by atoms with E-state index in [2.05, 4.69) is 10.6 Å². The fourth-order valence-electron chi connectivity index (χ4n) is 6.48. The van der Waals surface area contributed by atoms with Crippen LogP contribution in [0.25, 0.3) is 11.1 Å². The SMILES string of the molecule is COC[C@@]12C[C@@H]1N(C(=O)CNC(=O)c1ccc3c(c1)-c1ccccc1C3(F)F)[C@H](C(=O)NC(C)c1cc(C(=N)N)cs1)C2. The number of alkyl halides is 2. The van der Waals surface area contributed by atoms with E-state index in [9.17, 15) is 23.2 Å². The largest absolute Gasteiger partial charge is 0.384 e. The third kappa shape index (κ3) is 4.88. The van der Waals surface area contributed by atoms with Gasteiger partial charge in [0, 0.05) is 51.1 Å². The van der Waals surface area contributed by atoms with Crippen molar-refractivity contribution in [3.05, 3.63) is 81.0 Å². The topological polar surface area (TPSA) is 138 Å². The Morgan fingerprint density at radius 3 is 2.58 bits per heavy atom. The summed E-state index contributed by atoms with van der Waals surface area (Å²) in [5, 5.41) is 15.0. The molecule has 2 fully saturated rings. The quantitative estimate of drug-likeness (QED) is 0.217. The van der Waals surface area contributed by atoms with E-state index in [1.54, 1.807) is 41.7 Å². The number of methoxy groups -OCH3 is 1. The fourth-order valence-corrected chi connectivity index (χ4v) is 7.39. The first kappa shape index (κ1) is 28.9. The number of carbonyl (C=O) groups is 3. The number of hydrogen-bond acceptors (Lipinski definition) is 6. The van der Waals surface area contributed by atoms with Gasteiger partial charge in [-0.25, -0.2) is 0 Å². The molecule has 9 nitrogen and oxygen atoms in total. The highest BCUT2D eigenvalue weighted by Crippen LogP contribution is 2.59. The summed E-state index contributed by atoms with van der Waals surface area (Å²) in [6.07, 6.45) is 1.14. The third-order valence-corrected chi connectivity index (χ3v) is 9.85. The van der Waals surface area contributed by atoms with Gasteiger partial charge in [0.05, 0.1) is 19.2 Å². The van der Waals surface area contributed by atoms with Gasteiger partial charge in [0.2, 0.25) is 11.8 Å². The summed E-state index contributed by atoms with van der Waals surface area (Å²) in [5.41, 5.74) is 6.38. The number of benzene rings is 2. The molecular formula is C31H31F2N5O4S. The predicted octanol–water partition coefficient (Wildman–Crippen LogP) is 3.77. The van der Waals surface area contributed by atoms with E-state index in [-0.39, 0.29) is 58.0 Å². The van der Waals surface area contributed by atoms with E-state index in [1.165, 1.54) is 35.6 Å². The monoisotopic (exact) mass is 607 g/mol. The molecule has 3 aliphatic rings. The van der Waals surface area contributed by atoms with E-state index >= 15 is 0 Å². The van der Waals surface area contributed by atoms with Gasteiger partial charge < -0.3 is 26.0 Å². The van der Waals surface area contributed by atoms with Crippen molar-refractivity contribution in [2.45, 2.75) is 43.8 Å². The highest BCUT2D eigenvalue weighted by Gasteiger charge is 2.67. The Morgan fingerprint density at radius 1 is 1.12 bits per heavy atom. The molecule has 2 heterocycles. The highest BCUT2D eigenvalue weighted by molar-refractivity contribution is 7.10. The number of hydrogen-bond donors (Lipinski definition) is 4. The maximum atomic E-state index is 14.9. The number of nitrogens with two attached hydrogens (primary N) is 1. The Kier molecular flexibility index (Phi) is 7.09. The van der Waals surface area contributed by atoms with E-state index in [1.807, 2.05) is 6.92 Å². The van der Waals surface area contributed by atoms with Gasteiger partial charge >= 0.3 is 0 Å². The molecule has 43 heavy (non-hydrogen) atoms. The van der Waals surface area contributed by atoms with Gasteiger partial charge in [-0.15, -0.1) is 11.3 Å². The van der Waals surface area contributed by atoms with Crippen molar-refractivity contribution in [2.75, 3.05) is 20.3 Å². The first-order chi connectivity index (χ1) is 20.5. The van der Waals surface area contributed by atoms with E-state index < -0.39 is 23.8 Å². The maximum Gasteiger partial charge on any atom is 0.299 e. The minimum atomic E-state index is -3.15. The molecule has 5 N–H and O–H groups in total. The second kappa shape index (κ2) is 10.5. The van der Waals surface area contributed by atoms with Crippen LogP contribution in [-0.2, 0) is 20.2 Å². The molecule has 3 amide bonds. The standard InChI is InChI=1S/C31H31F2N5O4S/c1-16(24-10-18(14-43-24)27(34)35)37-29(41)23-11-30(15-42-2)12-25(30)38(23)26(39)13-36-28(40)17-7-8-22-20(9-17)19-5-3-4-6-21(19)31(22,32)33/h3-10,14,16,23,25H,11-13,15H2,1-2H3,(H3,34,35)(H,36,40)(H,37,41)/t16?,23-,25-,30+/m0/s1. The van der Waals surface area contributed by atoms with Gasteiger partial charge in [0.15, 0.2) is 0 Å². The Balaban J connectivity index is 1.15. The van der Waals surface area contributed by atoms with Gasteiger partial charge in [-0.3, -0.25) is 19.8 Å². The average molecular weight is 608 g/mol. The minimum absolute atomic E-state index is 0.0557. The normalized spacial score (nSPS) is 23.1. The van der Waals surface area contributed by atoms with Crippen molar-refractivity contribution in [3.63, 3.8) is 0 Å². The zero-order chi connectivity index (χ0) is 30.7. The number of halogens is 2. The van der Waals surface area contributed by atoms with Crippen LogP contribution in [0.4, 0.5) is 8.78 Å². The molecule has 1 aromatic heterocycles. The number of amides is 3. The number of fused-ring (bicyclic) bond motifs is 4. The first-order valence-corrected chi connectivity index (χ1v) is 14.8. The van der Waals surface area contributed by atoms with Crippen LogP contribution in [0.2, 0.25) is 0 Å². The lowest BCUT2D eigenvalue weighted by molar-refractivity contribution is -0.139. The summed E-state index contributed by atoms with van der Waals surface area (Å²) in [7, 11) is 1.58. The van der Waals surface area contributed by atoms with Gasteiger partial charge in [-0.2, -0.15) is 8.78 Å². The summed E-state index contributed by atoms with van der Waals surface area (Å²) in [6.45, 7) is 1.88. The number of ether oxygens (including phenoxy) is 1. The van der Waals surface area contributed by atoms with Crippen LogP contribution < -0.4 is 16.4 Å². The summed E-state index contributed by atoms with van der Waals surface area (Å²) in [6, 6.07) is 10.7. The second-order valence-electron chi connectivity index (χ2n) is 11.5. The Morgan fingerprint density at radius 2 is 1.86 bits per heavy atom. The number of nitrogens with zero attached hydrogens (tertiary/aromatic N) is 1. The number of thiophene rings is 1. The molecule has 4 atom stereocenters. The van der Waals surface area contributed by atoms with Gasteiger partial charge in [-0.05, 0) is 49.1 Å². The molecule has 0 radical (unpaired) electrons. The summed E-state index contributed by atoms with van der Waals surface area (Å²) in [5.74, 6) is -4.51. The molecule has 1 unspecified atom stereocenters. The molecule has 2 aliphatic carbocycles. The summed E-state index contributed by atoms with van der Waals surface area (Å²) in [4.78, 5) is 42.4. The summed E-state index contributed by atoms with van der Waals surface area (Å²) >= 11 is 1.38. The van der Waals surface area contributed by atoms with Crippen molar-refractivity contribution in [1.29, 1.82) is 5.41 Å². The van der Waals surface area contributed by atoms with Crippen molar-refractivity contribution < 1.29 is 27.9 Å². The lowest BCUT2D eigenvalue weighted by Gasteiger charge is -2.28. The number of rotatable bonds is 9. The summed E-state index contributed by atoms with van der Waals surface area (Å²) < 4.78 is 35.3. The van der Waals surface area contributed by atoms with E-state index in [0.29, 0.717) is 30.6 Å². The van der Waals surface area contributed by atoms with Crippen LogP contribution in [0, 0.1) is 10.8 Å². The smallest absolute Gasteiger partial charge is 0.299 e. The predicted molar refractivity (Wildman–Crippen MR) is 157 cm³/mol. The Labute approximate surface area is 250 Å². The third-order valence-electron chi connectivity index (χ3n) is 8.73. The molecular weight excluding hydrogens is 576 g/mol. The van der Waals surface area contributed by atoms with Crippen LogP contribution in [0.1, 0.15) is 57.7 Å². The van der Waals surface area contributed by atoms with E-state index in [4.69, 9.17) is 15.9 Å². The van der Waals surface area contributed by atoms with Crippen molar-refractivity contribution in [2.24, 2.45) is 11.1 Å². The second-order valence-corrected chi connectivity index (χ2v) is 12.4. The van der Waals surface area contributed by atoms with Gasteiger partial charge in [0.25, 0.3) is 11.8 Å². The van der Waals surface area contributed by atoms with E-state index in [0.717, 1.165) is 4.88 Å². The van der Waals surface area contributed by atoms with Crippen LogP contribution in [0.15, 0.2) is 53.9 Å². The fraction of sp³-hybridized carbons (Fsp3) is 0.355. The van der Waals surface area contributed by atoms with Crippen molar-refractivity contribution >= 4 is 34.9 Å². The van der Waals surface area contributed by atoms with Crippen LogP contribution in [-0.4, -0.2) is 60.8 Å². The zero-order valence-electron chi connectivity index (χ0n) is 23.6. The first-order valence-electron chi connectivity index (χ1n) is 13.9. The van der Waals surface area contributed by atoms with Crippen LogP contribution >= 0.6 is 11.3 Å².